The largest absolute Gasteiger partial charge is 0.464 e. The van der Waals surface area contributed by atoms with Crippen molar-refractivity contribution < 1.29 is 18.8 Å². The molecule has 5 nitrogen and oxygen atoms in total. The second-order valence-electron chi connectivity index (χ2n) is 4.09. The lowest BCUT2D eigenvalue weighted by molar-refractivity contribution is 0.0586. The fourth-order valence-corrected chi connectivity index (χ4v) is 2.59. The van der Waals surface area contributed by atoms with Crippen LogP contribution < -0.4 is 0 Å². The van der Waals surface area contributed by atoms with Gasteiger partial charge in [-0.15, -0.1) is 11.8 Å². The molecule has 18 heavy (non-hydrogen) atoms. The SMILES string of the molecule is COC(=O)c1noc2c1C(=O)C(SC(C)C)=CC2. The van der Waals surface area contributed by atoms with E-state index < -0.39 is 5.97 Å². The van der Waals surface area contributed by atoms with Gasteiger partial charge < -0.3 is 9.26 Å². The van der Waals surface area contributed by atoms with E-state index in [9.17, 15) is 9.59 Å². The molecule has 96 valence electrons. The van der Waals surface area contributed by atoms with Crippen molar-refractivity contribution in [2.45, 2.75) is 25.5 Å². The van der Waals surface area contributed by atoms with Crippen LogP contribution in [0.3, 0.4) is 0 Å². The Morgan fingerprint density at radius 1 is 1.56 bits per heavy atom. The number of methoxy groups -OCH3 is 1. The lowest BCUT2D eigenvalue weighted by Gasteiger charge is -2.12. The van der Waals surface area contributed by atoms with Gasteiger partial charge in [-0.1, -0.05) is 25.1 Å². The molecule has 0 unspecified atom stereocenters. The van der Waals surface area contributed by atoms with Crippen LogP contribution in [-0.4, -0.2) is 29.3 Å². The fraction of sp³-hybridized carbons (Fsp3) is 0.417. The van der Waals surface area contributed by atoms with E-state index in [0.29, 0.717) is 22.3 Å². The van der Waals surface area contributed by atoms with Crippen LogP contribution in [0.5, 0.6) is 0 Å². The van der Waals surface area contributed by atoms with E-state index in [1.54, 1.807) is 0 Å². The molecule has 0 atom stereocenters. The van der Waals surface area contributed by atoms with E-state index in [1.807, 2.05) is 19.9 Å². The second kappa shape index (κ2) is 4.97. The second-order valence-corrected chi connectivity index (χ2v) is 5.71. The van der Waals surface area contributed by atoms with Crippen LogP contribution in [0, 0.1) is 0 Å². The normalized spacial score (nSPS) is 14.4. The molecule has 0 radical (unpaired) electrons. The predicted molar refractivity (Wildman–Crippen MR) is 66.7 cm³/mol. The van der Waals surface area contributed by atoms with Crippen LogP contribution in [0.1, 0.15) is 40.5 Å². The summed E-state index contributed by atoms with van der Waals surface area (Å²) in [6.45, 7) is 4.01. The van der Waals surface area contributed by atoms with Crippen molar-refractivity contribution in [3.63, 3.8) is 0 Å². The first-order chi connectivity index (χ1) is 8.54. The van der Waals surface area contributed by atoms with Crippen LogP contribution in [0.25, 0.3) is 0 Å². The number of esters is 1. The fourth-order valence-electron chi connectivity index (χ4n) is 1.69. The summed E-state index contributed by atoms with van der Waals surface area (Å²) in [5, 5.41) is 3.91. The van der Waals surface area contributed by atoms with Crippen LogP contribution in [0.15, 0.2) is 15.5 Å². The molecule has 0 aromatic carbocycles. The molecule has 1 aromatic heterocycles. The Kier molecular flexibility index (Phi) is 3.56. The maximum Gasteiger partial charge on any atom is 0.361 e. The maximum absolute atomic E-state index is 12.3. The third kappa shape index (κ3) is 2.20. The molecule has 0 bridgehead atoms. The van der Waals surface area contributed by atoms with E-state index in [-0.39, 0.29) is 17.0 Å². The first-order valence-electron chi connectivity index (χ1n) is 5.53. The Morgan fingerprint density at radius 3 is 2.89 bits per heavy atom. The number of nitrogens with zero attached hydrogens (tertiary/aromatic N) is 1. The highest BCUT2D eigenvalue weighted by Gasteiger charge is 2.32. The smallest absolute Gasteiger partial charge is 0.361 e. The molecule has 2 rings (SSSR count). The number of carbonyl (C=O) groups excluding carboxylic acids is 2. The van der Waals surface area contributed by atoms with Gasteiger partial charge in [0, 0.05) is 11.7 Å². The number of allylic oxidation sites excluding steroid dienone is 2. The van der Waals surface area contributed by atoms with Crippen molar-refractivity contribution in [2.24, 2.45) is 0 Å². The Hall–Kier alpha value is -1.56. The number of rotatable bonds is 3. The van der Waals surface area contributed by atoms with Gasteiger partial charge in [0.05, 0.1) is 12.0 Å². The van der Waals surface area contributed by atoms with Gasteiger partial charge in [-0.05, 0) is 0 Å². The minimum atomic E-state index is -0.649. The van der Waals surface area contributed by atoms with Crippen molar-refractivity contribution in [1.29, 1.82) is 0 Å². The molecule has 0 fully saturated rings. The van der Waals surface area contributed by atoms with Crippen molar-refractivity contribution >= 4 is 23.5 Å². The van der Waals surface area contributed by atoms with Crippen molar-refractivity contribution in [2.75, 3.05) is 7.11 Å². The number of Topliss-reactive ketones (excluding diaryl/α,β-unsaturated/α-hetero) is 1. The van der Waals surface area contributed by atoms with Gasteiger partial charge in [-0.3, -0.25) is 4.79 Å². The first kappa shape index (κ1) is 12.9. The lowest BCUT2D eigenvalue weighted by atomic mass is 10.0. The molecule has 0 spiro atoms. The molecular formula is C12H13NO4S. The van der Waals surface area contributed by atoms with E-state index in [4.69, 9.17) is 4.52 Å². The molecule has 0 N–H and O–H groups in total. The van der Waals surface area contributed by atoms with Gasteiger partial charge in [-0.2, -0.15) is 0 Å². The van der Waals surface area contributed by atoms with Crippen LogP contribution in [-0.2, 0) is 11.2 Å². The summed E-state index contributed by atoms with van der Waals surface area (Å²) in [7, 11) is 1.25. The van der Waals surface area contributed by atoms with Gasteiger partial charge in [0.15, 0.2) is 5.76 Å². The topological polar surface area (TPSA) is 69.4 Å². The zero-order valence-electron chi connectivity index (χ0n) is 10.4. The molecule has 6 heteroatoms. The molecule has 0 amide bonds. The minimum absolute atomic E-state index is 0.0348. The summed E-state index contributed by atoms with van der Waals surface area (Å²) < 4.78 is 9.59. The number of carbonyl (C=O) groups is 2. The quantitative estimate of drug-likeness (QED) is 0.782. The standard InChI is InChI=1S/C12H13NO4S/c1-6(2)18-8-5-4-7-9(11(8)14)10(13-17-7)12(15)16-3/h5-6H,4H2,1-3H3. The van der Waals surface area contributed by atoms with Crippen molar-refractivity contribution in [3.8, 4) is 0 Å². The molecule has 1 aromatic rings. The molecule has 1 aliphatic carbocycles. The third-order valence-electron chi connectivity index (χ3n) is 2.43. The number of aromatic nitrogens is 1. The molecular weight excluding hydrogens is 254 g/mol. The highest BCUT2D eigenvalue weighted by atomic mass is 32.2. The lowest BCUT2D eigenvalue weighted by Crippen LogP contribution is -2.15. The summed E-state index contributed by atoms with van der Waals surface area (Å²) in [6, 6.07) is 0. The van der Waals surface area contributed by atoms with Gasteiger partial charge >= 0.3 is 5.97 Å². The van der Waals surface area contributed by atoms with E-state index in [1.165, 1.54) is 18.9 Å². The van der Waals surface area contributed by atoms with Crippen molar-refractivity contribution in [1.82, 2.24) is 5.16 Å². The summed E-state index contributed by atoms with van der Waals surface area (Å²) in [6.07, 6.45) is 2.28. The Bertz CT molecular complexity index is 530. The molecule has 1 heterocycles. The molecule has 0 saturated heterocycles. The predicted octanol–water partition coefficient (Wildman–Crippen LogP) is 2.23. The summed E-state index contributed by atoms with van der Waals surface area (Å²) in [5.74, 6) is -0.436. The maximum atomic E-state index is 12.3. The zero-order chi connectivity index (χ0) is 13.3. The monoisotopic (exact) mass is 267 g/mol. The molecule has 1 aliphatic rings. The number of fused-ring (bicyclic) bond motifs is 1. The van der Waals surface area contributed by atoms with E-state index in [0.717, 1.165) is 0 Å². The first-order valence-corrected chi connectivity index (χ1v) is 6.41. The zero-order valence-corrected chi connectivity index (χ0v) is 11.2. The number of ether oxygens (including phenoxy) is 1. The third-order valence-corrected chi connectivity index (χ3v) is 3.51. The van der Waals surface area contributed by atoms with Gasteiger partial charge in [0.25, 0.3) is 0 Å². The highest BCUT2D eigenvalue weighted by molar-refractivity contribution is 8.04. The minimum Gasteiger partial charge on any atom is -0.464 e. The number of thioether (sulfide) groups is 1. The number of ketones is 1. The summed E-state index contributed by atoms with van der Waals surface area (Å²) in [4.78, 5) is 24.4. The van der Waals surface area contributed by atoms with Crippen LogP contribution in [0.4, 0.5) is 0 Å². The molecule has 0 aliphatic heterocycles. The van der Waals surface area contributed by atoms with Gasteiger partial charge in [-0.25, -0.2) is 4.79 Å². The Balaban J connectivity index is 2.36. The average Bonchev–Trinajstić information content (AvgIpc) is 2.76. The Labute approximate surface area is 109 Å². The van der Waals surface area contributed by atoms with Crippen molar-refractivity contribution in [3.05, 3.63) is 28.0 Å². The van der Waals surface area contributed by atoms with E-state index >= 15 is 0 Å². The molecule has 0 saturated carbocycles. The Morgan fingerprint density at radius 2 is 2.28 bits per heavy atom. The summed E-state index contributed by atoms with van der Waals surface area (Å²) >= 11 is 1.47. The summed E-state index contributed by atoms with van der Waals surface area (Å²) in [5.41, 5.74) is 0.208. The number of hydrogen-bond acceptors (Lipinski definition) is 6. The van der Waals surface area contributed by atoms with Gasteiger partial charge in [0.2, 0.25) is 11.5 Å². The average molecular weight is 267 g/mol. The highest BCUT2D eigenvalue weighted by Crippen LogP contribution is 2.32. The van der Waals surface area contributed by atoms with E-state index in [2.05, 4.69) is 9.89 Å². The van der Waals surface area contributed by atoms with Crippen LogP contribution in [0.2, 0.25) is 0 Å². The van der Waals surface area contributed by atoms with Gasteiger partial charge in [0.1, 0.15) is 5.56 Å². The van der Waals surface area contributed by atoms with Crippen LogP contribution >= 0.6 is 11.8 Å². The number of hydrogen-bond donors (Lipinski definition) is 0.